The zero-order valence-corrected chi connectivity index (χ0v) is 17.7. The van der Waals surface area contributed by atoms with Crippen molar-refractivity contribution in [2.24, 2.45) is 0 Å². The summed E-state index contributed by atoms with van der Waals surface area (Å²) in [6, 6.07) is 15.7. The van der Waals surface area contributed by atoms with Crippen molar-refractivity contribution in [1.29, 1.82) is 0 Å². The van der Waals surface area contributed by atoms with Crippen molar-refractivity contribution in [2.45, 2.75) is 27.2 Å². The van der Waals surface area contributed by atoms with Gasteiger partial charge >= 0.3 is 0 Å². The molecule has 156 valence electrons. The molecule has 2 aromatic heterocycles. The standard InChI is InChI=1S/C25H23N3O3/c1-15-8-9-28-20(13-24(29)26-19-6-7-21-22(12-19)31-14-30-21)25(27-23(28)10-15)18-5-4-16(2)17(3)11-18/h4-12H,13-14H2,1-3H3,(H,26,29). The summed E-state index contributed by atoms with van der Waals surface area (Å²) in [7, 11) is 0. The number of pyridine rings is 1. The molecule has 0 bridgehead atoms. The number of aromatic nitrogens is 2. The van der Waals surface area contributed by atoms with Crippen LogP contribution in [-0.2, 0) is 11.2 Å². The van der Waals surface area contributed by atoms with Crippen LogP contribution in [0.2, 0.25) is 0 Å². The molecule has 0 fully saturated rings. The number of imidazole rings is 1. The first-order valence-electron chi connectivity index (χ1n) is 10.2. The largest absolute Gasteiger partial charge is 0.454 e. The van der Waals surface area contributed by atoms with Crippen LogP contribution in [0.1, 0.15) is 22.4 Å². The number of nitrogens with one attached hydrogen (secondary N) is 1. The van der Waals surface area contributed by atoms with Crippen LogP contribution >= 0.6 is 0 Å². The fourth-order valence-corrected chi connectivity index (χ4v) is 3.82. The van der Waals surface area contributed by atoms with E-state index in [0.717, 1.165) is 28.2 Å². The van der Waals surface area contributed by atoms with Gasteiger partial charge < -0.3 is 19.2 Å². The third-order valence-electron chi connectivity index (χ3n) is 5.65. The average molecular weight is 413 g/mol. The van der Waals surface area contributed by atoms with Crippen molar-refractivity contribution in [3.63, 3.8) is 0 Å². The summed E-state index contributed by atoms with van der Waals surface area (Å²) in [5, 5.41) is 2.97. The molecule has 0 spiro atoms. The molecule has 0 atom stereocenters. The molecule has 0 unspecified atom stereocenters. The van der Waals surface area contributed by atoms with Crippen molar-refractivity contribution in [1.82, 2.24) is 9.38 Å². The molecule has 4 aromatic rings. The molecular weight excluding hydrogens is 390 g/mol. The van der Waals surface area contributed by atoms with Gasteiger partial charge in [-0.05, 0) is 67.8 Å². The van der Waals surface area contributed by atoms with E-state index in [4.69, 9.17) is 14.5 Å². The molecule has 0 saturated heterocycles. The van der Waals surface area contributed by atoms with Gasteiger partial charge in [-0.1, -0.05) is 12.1 Å². The monoisotopic (exact) mass is 413 g/mol. The molecule has 1 aliphatic heterocycles. The Balaban J connectivity index is 1.50. The molecule has 1 N–H and O–H groups in total. The lowest BCUT2D eigenvalue weighted by Gasteiger charge is -2.09. The van der Waals surface area contributed by atoms with Gasteiger partial charge in [0.1, 0.15) is 5.65 Å². The van der Waals surface area contributed by atoms with E-state index in [1.807, 2.05) is 35.7 Å². The van der Waals surface area contributed by atoms with Gasteiger partial charge in [-0.2, -0.15) is 0 Å². The second-order valence-corrected chi connectivity index (χ2v) is 7.93. The van der Waals surface area contributed by atoms with Crippen LogP contribution in [0.15, 0.2) is 54.7 Å². The smallest absolute Gasteiger partial charge is 0.231 e. The number of ether oxygens (including phenoxy) is 2. The second kappa shape index (κ2) is 7.47. The highest BCUT2D eigenvalue weighted by atomic mass is 16.7. The first kappa shape index (κ1) is 19.2. The third-order valence-corrected chi connectivity index (χ3v) is 5.65. The van der Waals surface area contributed by atoms with Crippen LogP contribution in [0.25, 0.3) is 16.9 Å². The maximum absolute atomic E-state index is 13.0. The highest BCUT2D eigenvalue weighted by molar-refractivity contribution is 5.93. The maximum Gasteiger partial charge on any atom is 0.231 e. The predicted octanol–water partition coefficient (Wildman–Crippen LogP) is 4.84. The summed E-state index contributed by atoms with van der Waals surface area (Å²) in [4.78, 5) is 17.8. The molecule has 31 heavy (non-hydrogen) atoms. The summed E-state index contributed by atoms with van der Waals surface area (Å²) in [5.41, 5.74) is 7.75. The highest BCUT2D eigenvalue weighted by Gasteiger charge is 2.19. The van der Waals surface area contributed by atoms with E-state index in [-0.39, 0.29) is 19.1 Å². The molecule has 5 rings (SSSR count). The van der Waals surface area contributed by atoms with Gasteiger partial charge in [0.25, 0.3) is 0 Å². The minimum atomic E-state index is -0.119. The molecule has 6 nitrogen and oxygen atoms in total. The fourth-order valence-electron chi connectivity index (χ4n) is 3.82. The Morgan fingerprint density at radius 1 is 1.00 bits per heavy atom. The summed E-state index contributed by atoms with van der Waals surface area (Å²) in [6.07, 6.45) is 2.17. The summed E-state index contributed by atoms with van der Waals surface area (Å²) < 4.78 is 12.7. The summed E-state index contributed by atoms with van der Waals surface area (Å²) in [6.45, 7) is 6.42. The first-order valence-corrected chi connectivity index (χ1v) is 10.2. The SMILES string of the molecule is Cc1ccn2c(CC(=O)Nc3ccc4c(c3)OCO4)c(-c3ccc(C)c(C)c3)nc2c1. The van der Waals surface area contributed by atoms with Crippen LogP contribution in [0.3, 0.4) is 0 Å². The number of carbonyl (C=O) groups excluding carboxylic acids is 1. The Morgan fingerprint density at radius 3 is 2.68 bits per heavy atom. The molecule has 0 aliphatic carbocycles. The van der Waals surface area contributed by atoms with E-state index in [1.165, 1.54) is 11.1 Å². The van der Waals surface area contributed by atoms with Gasteiger partial charge in [-0.3, -0.25) is 4.79 Å². The number of carbonyl (C=O) groups is 1. The van der Waals surface area contributed by atoms with E-state index in [9.17, 15) is 4.79 Å². The Morgan fingerprint density at radius 2 is 1.84 bits per heavy atom. The number of amides is 1. The Bertz CT molecular complexity index is 1320. The van der Waals surface area contributed by atoms with E-state index >= 15 is 0 Å². The van der Waals surface area contributed by atoms with Crippen molar-refractivity contribution in [3.8, 4) is 22.8 Å². The van der Waals surface area contributed by atoms with Gasteiger partial charge in [-0.25, -0.2) is 4.98 Å². The number of hydrogen-bond acceptors (Lipinski definition) is 4. The van der Waals surface area contributed by atoms with Gasteiger partial charge in [-0.15, -0.1) is 0 Å². The van der Waals surface area contributed by atoms with E-state index in [1.54, 1.807) is 12.1 Å². The minimum absolute atomic E-state index is 0.119. The van der Waals surface area contributed by atoms with E-state index in [2.05, 4.69) is 37.4 Å². The predicted molar refractivity (Wildman–Crippen MR) is 120 cm³/mol. The van der Waals surface area contributed by atoms with Gasteiger partial charge in [0.2, 0.25) is 12.7 Å². The van der Waals surface area contributed by atoms with Crippen LogP contribution in [0.5, 0.6) is 11.5 Å². The van der Waals surface area contributed by atoms with Gasteiger partial charge in [0.05, 0.1) is 17.8 Å². The summed E-state index contributed by atoms with van der Waals surface area (Å²) >= 11 is 0. The Kier molecular flexibility index (Phi) is 4.62. The number of hydrogen-bond donors (Lipinski definition) is 1. The minimum Gasteiger partial charge on any atom is -0.454 e. The number of benzene rings is 2. The molecular formula is C25H23N3O3. The van der Waals surface area contributed by atoms with Crippen LogP contribution < -0.4 is 14.8 Å². The topological polar surface area (TPSA) is 64.9 Å². The Labute approximate surface area is 180 Å². The number of rotatable bonds is 4. The van der Waals surface area contributed by atoms with Crippen LogP contribution in [0.4, 0.5) is 5.69 Å². The van der Waals surface area contributed by atoms with E-state index in [0.29, 0.717) is 17.2 Å². The lowest BCUT2D eigenvalue weighted by molar-refractivity contribution is -0.115. The zero-order valence-electron chi connectivity index (χ0n) is 17.7. The lowest BCUT2D eigenvalue weighted by atomic mass is 10.0. The highest BCUT2D eigenvalue weighted by Crippen LogP contribution is 2.34. The number of fused-ring (bicyclic) bond motifs is 2. The van der Waals surface area contributed by atoms with Gasteiger partial charge in [0, 0.05) is 23.5 Å². The average Bonchev–Trinajstić information content (AvgIpc) is 3.34. The van der Waals surface area contributed by atoms with E-state index < -0.39 is 0 Å². The van der Waals surface area contributed by atoms with Gasteiger partial charge in [0.15, 0.2) is 11.5 Å². The number of anilines is 1. The second-order valence-electron chi connectivity index (χ2n) is 7.93. The van der Waals surface area contributed by atoms with Crippen molar-refractivity contribution in [3.05, 3.63) is 77.1 Å². The molecule has 6 heteroatoms. The number of aryl methyl sites for hydroxylation is 3. The number of nitrogens with zero attached hydrogens (tertiary/aromatic N) is 2. The van der Waals surface area contributed by atoms with Crippen molar-refractivity contribution in [2.75, 3.05) is 12.1 Å². The fraction of sp³-hybridized carbons (Fsp3) is 0.200. The molecule has 3 heterocycles. The van der Waals surface area contributed by atoms with Crippen molar-refractivity contribution < 1.29 is 14.3 Å². The lowest BCUT2D eigenvalue weighted by Crippen LogP contribution is -2.16. The zero-order chi connectivity index (χ0) is 21.5. The quantitative estimate of drug-likeness (QED) is 0.520. The molecule has 0 radical (unpaired) electrons. The Hall–Kier alpha value is -3.80. The van der Waals surface area contributed by atoms with Crippen LogP contribution in [0, 0.1) is 20.8 Å². The maximum atomic E-state index is 13.0. The third kappa shape index (κ3) is 3.61. The van der Waals surface area contributed by atoms with Crippen molar-refractivity contribution >= 4 is 17.2 Å². The molecule has 1 amide bonds. The molecule has 1 aliphatic rings. The summed E-state index contributed by atoms with van der Waals surface area (Å²) in [5.74, 6) is 1.21. The van der Waals surface area contributed by atoms with Crippen LogP contribution in [-0.4, -0.2) is 22.1 Å². The molecule has 0 saturated carbocycles. The normalized spacial score (nSPS) is 12.4. The molecule has 2 aromatic carbocycles. The first-order chi connectivity index (χ1) is 15.0.